The van der Waals surface area contributed by atoms with Crippen LogP contribution in [-0.2, 0) is 7.05 Å². The van der Waals surface area contributed by atoms with Crippen molar-refractivity contribution in [2.24, 2.45) is 7.05 Å². The fourth-order valence-electron chi connectivity index (χ4n) is 2.77. The normalized spacial score (nSPS) is 10.7. The summed E-state index contributed by atoms with van der Waals surface area (Å²) in [5.74, 6) is 0.252. The molecule has 0 aliphatic rings. The van der Waals surface area contributed by atoms with E-state index in [1.807, 2.05) is 37.3 Å². The first-order valence-electron chi connectivity index (χ1n) is 7.66. The average Bonchev–Trinajstić information content (AvgIpc) is 2.61. The number of hydrogen-bond donors (Lipinski definition) is 2. The Morgan fingerprint density at radius 1 is 1.20 bits per heavy atom. The molecule has 1 aromatic carbocycles. The van der Waals surface area contributed by atoms with E-state index in [4.69, 9.17) is 22.7 Å². The van der Waals surface area contributed by atoms with E-state index in [0.29, 0.717) is 21.7 Å². The van der Waals surface area contributed by atoms with Crippen molar-refractivity contribution >= 4 is 23.6 Å². The highest BCUT2D eigenvalue weighted by molar-refractivity contribution is 6.33. The standard InChI is InChI=1S/C19H17ClN4O/c1-11-14(4-3-7-23-11)12-5-6-15(17(20)9-12)16-8-13(10-21)18(22)24(2)19(16)25/h3-10,21H,22H2,1-2H3. The van der Waals surface area contributed by atoms with Gasteiger partial charge in [0.1, 0.15) is 5.82 Å². The number of pyridine rings is 2. The summed E-state index contributed by atoms with van der Waals surface area (Å²) in [7, 11) is 1.58. The SMILES string of the molecule is Cc1ncccc1-c1ccc(-c2cc(C=N)c(N)n(C)c2=O)c(Cl)c1. The van der Waals surface area contributed by atoms with E-state index in [-0.39, 0.29) is 11.4 Å². The van der Waals surface area contributed by atoms with Gasteiger partial charge in [-0.2, -0.15) is 0 Å². The molecule has 3 aromatic rings. The van der Waals surface area contributed by atoms with Crippen molar-refractivity contribution in [1.82, 2.24) is 9.55 Å². The topological polar surface area (TPSA) is 84.8 Å². The van der Waals surface area contributed by atoms with Crippen molar-refractivity contribution in [1.29, 1.82) is 5.41 Å². The van der Waals surface area contributed by atoms with Crippen LogP contribution in [0.25, 0.3) is 22.3 Å². The summed E-state index contributed by atoms with van der Waals surface area (Å²) >= 11 is 6.47. The van der Waals surface area contributed by atoms with E-state index in [0.717, 1.165) is 23.0 Å². The Labute approximate surface area is 150 Å². The Kier molecular flexibility index (Phi) is 4.42. The third-order valence-corrected chi connectivity index (χ3v) is 4.54. The Bertz CT molecular complexity index is 1040. The van der Waals surface area contributed by atoms with Crippen LogP contribution in [0.5, 0.6) is 0 Å². The van der Waals surface area contributed by atoms with Crippen molar-refractivity contribution in [2.45, 2.75) is 6.92 Å². The van der Waals surface area contributed by atoms with Gasteiger partial charge in [0.05, 0.1) is 0 Å². The Morgan fingerprint density at radius 3 is 2.60 bits per heavy atom. The lowest BCUT2D eigenvalue weighted by molar-refractivity contribution is 0.876. The van der Waals surface area contributed by atoms with Gasteiger partial charge in [0.25, 0.3) is 5.56 Å². The predicted molar refractivity (Wildman–Crippen MR) is 102 cm³/mol. The molecule has 0 aliphatic carbocycles. The van der Waals surface area contributed by atoms with E-state index in [2.05, 4.69) is 4.98 Å². The van der Waals surface area contributed by atoms with Crippen LogP contribution in [0, 0.1) is 12.3 Å². The molecule has 6 heteroatoms. The monoisotopic (exact) mass is 352 g/mol. The summed E-state index contributed by atoms with van der Waals surface area (Å²) in [6.45, 7) is 1.93. The van der Waals surface area contributed by atoms with Crippen molar-refractivity contribution in [2.75, 3.05) is 5.73 Å². The van der Waals surface area contributed by atoms with Crippen LogP contribution in [0.1, 0.15) is 11.3 Å². The molecule has 5 nitrogen and oxygen atoms in total. The number of aryl methyl sites for hydroxylation is 1. The molecule has 0 aliphatic heterocycles. The summed E-state index contributed by atoms with van der Waals surface area (Å²) in [4.78, 5) is 16.8. The maximum absolute atomic E-state index is 12.6. The molecule has 0 bridgehead atoms. The minimum atomic E-state index is -0.254. The molecule has 3 rings (SSSR count). The maximum Gasteiger partial charge on any atom is 0.259 e. The molecule has 2 aromatic heterocycles. The van der Waals surface area contributed by atoms with Crippen LogP contribution in [0.4, 0.5) is 5.82 Å². The zero-order valence-corrected chi connectivity index (χ0v) is 14.6. The molecule has 0 saturated carbocycles. The number of rotatable bonds is 3. The van der Waals surface area contributed by atoms with Crippen LogP contribution < -0.4 is 11.3 Å². The lowest BCUT2D eigenvalue weighted by Crippen LogP contribution is -2.23. The molecule has 0 fully saturated rings. The number of nitrogens with zero attached hydrogens (tertiary/aromatic N) is 2. The molecule has 0 radical (unpaired) electrons. The smallest absolute Gasteiger partial charge is 0.259 e. The minimum absolute atomic E-state index is 0.252. The third-order valence-electron chi connectivity index (χ3n) is 4.22. The van der Waals surface area contributed by atoms with Gasteiger partial charge in [-0.3, -0.25) is 14.3 Å². The number of nitrogens with one attached hydrogen (secondary N) is 1. The molecular formula is C19H17ClN4O. The average molecular weight is 353 g/mol. The number of hydrogen-bond acceptors (Lipinski definition) is 4. The molecule has 0 saturated heterocycles. The molecule has 2 heterocycles. The lowest BCUT2D eigenvalue weighted by atomic mass is 9.99. The zero-order valence-electron chi connectivity index (χ0n) is 13.9. The van der Waals surface area contributed by atoms with Gasteiger partial charge in [-0.15, -0.1) is 0 Å². The van der Waals surface area contributed by atoms with Gasteiger partial charge in [0.15, 0.2) is 0 Å². The van der Waals surface area contributed by atoms with Crippen LogP contribution in [0.2, 0.25) is 5.02 Å². The highest BCUT2D eigenvalue weighted by Gasteiger charge is 2.14. The van der Waals surface area contributed by atoms with Crippen molar-refractivity contribution in [3.05, 3.63) is 69.2 Å². The zero-order chi connectivity index (χ0) is 18.1. The largest absolute Gasteiger partial charge is 0.384 e. The molecule has 0 atom stereocenters. The Morgan fingerprint density at radius 2 is 1.96 bits per heavy atom. The first kappa shape index (κ1) is 16.9. The molecular weight excluding hydrogens is 336 g/mol. The quantitative estimate of drug-likeness (QED) is 0.705. The van der Waals surface area contributed by atoms with Crippen molar-refractivity contribution in [3.8, 4) is 22.3 Å². The second kappa shape index (κ2) is 6.53. The number of benzene rings is 1. The van der Waals surface area contributed by atoms with Gasteiger partial charge in [0, 0.05) is 52.4 Å². The fraction of sp³-hybridized carbons (Fsp3) is 0.105. The van der Waals surface area contributed by atoms with Crippen LogP contribution in [0.15, 0.2) is 47.4 Å². The number of nitrogen functional groups attached to an aromatic ring is 1. The molecule has 0 spiro atoms. The summed E-state index contributed by atoms with van der Waals surface area (Å²) in [6, 6.07) is 11.0. The van der Waals surface area contributed by atoms with E-state index < -0.39 is 0 Å². The van der Waals surface area contributed by atoms with E-state index >= 15 is 0 Å². The number of halogens is 1. The summed E-state index contributed by atoms with van der Waals surface area (Å²) in [6.07, 6.45) is 2.87. The van der Waals surface area contributed by atoms with Crippen LogP contribution in [-0.4, -0.2) is 15.8 Å². The van der Waals surface area contributed by atoms with E-state index in [1.54, 1.807) is 19.3 Å². The van der Waals surface area contributed by atoms with Gasteiger partial charge >= 0.3 is 0 Å². The summed E-state index contributed by atoms with van der Waals surface area (Å²) in [5, 5.41) is 7.93. The van der Waals surface area contributed by atoms with Gasteiger partial charge in [-0.05, 0) is 30.7 Å². The molecule has 0 amide bonds. The van der Waals surface area contributed by atoms with Crippen molar-refractivity contribution in [3.63, 3.8) is 0 Å². The minimum Gasteiger partial charge on any atom is -0.384 e. The highest BCUT2D eigenvalue weighted by atomic mass is 35.5. The number of aromatic nitrogens is 2. The second-order valence-corrected chi connectivity index (χ2v) is 6.15. The van der Waals surface area contributed by atoms with Gasteiger partial charge in [-0.1, -0.05) is 29.8 Å². The molecule has 0 unspecified atom stereocenters. The predicted octanol–water partition coefficient (Wildman–Crippen LogP) is 3.66. The first-order chi connectivity index (χ1) is 11.9. The van der Waals surface area contributed by atoms with E-state index in [1.165, 1.54) is 4.57 Å². The number of anilines is 1. The van der Waals surface area contributed by atoms with Gasteiger partial charge in [-0.25, -0.2) is 0 Å². The molecule has 126 valence electrons. The third kappa shape index (κ3) is 2.94. The Balaban J connectivity index is 2.18. The molecule has 25 heavy (non-hydrogen) atoms. The Hall–Kier alpha value is -2.92. The van der Waals surface area contributed by atoms with Crippen molar-refractivity contribution < 1.29 is 0 Å². The van der Waals surface area contributed by atoms with Gasteiger partial charge < -0.3 is 11.1 Å². The van der Waals surface area contributed by atoms with Crippen LogP contribution >= 0.6 is 11.6 Å². The summed E-state index contributed by atoms with van der Waals surface area (Å²) in [5.41, 5.74) is 9.92. The molecule has 3 N–H and O–H groups in total. The van der Waals surface area contributed by atoms with Gasteiger partial charge in [0.2, 0.25) is 0 Å². The number of nitrogens with two attached hydrogens (primary N) is 1. The lowest BCUT2D eigenvalue weighted by Gasteiger charge is -2.12. The van der Waals surface area contributed by atoms with E-state index in [9.17, 15) is 4.79 Å². The second-order valence-electron chi connectivity index (χ2n) is 5.74. The first-order valence-corrected chi connectivity index (χ1v) is 8.03. The fourth-order valence-corrected chi connectivity index (χ4v) is 3.06. The summed E-state index contributed by atoms with van der Waals surface area (Å²) < 4.78 is 1.32. The maximum atomic E-state index is 12.6. The highest BCUT2D eigenvalue weighted by Crippen LogP contribution is 2.32. The van der Waals surface area contributed by atoms with Crippen LogP contribution in [0.3, 0.4) is 0 Å².